The van der Waals surface area contributed by atoms with E-state index in [1.807, 2.05) is 30.3 Å². The van der Waals surface area contributed by atoms with Gasteiger partial charge in [0.15, 0.2) is 0 Å². The smallest absolute Gasteiger partial charge is 0.139 e. The van der Waals surface area contributed by atoms with Crippen molar-refractivity contribution in [3.05, 3.63) is 66.0 Å². The number of rotatable bonds is 3. The molecule has 0 aliphatic rings. The highest BCUT2D eigenvalue weighted by Gasteiger charge is 2.09. The summed E-state index contributed by atoms with van der Waals surface area (Å²) in [7, 11) is -1.32. The Bertz CT molecular complexity index is 496. The molecule has 16 heavy (non-hydrogen) atoms. The minimum atomic E-state index is -1.32. The average Bonchev–Trinajstić information content (AvgIpc) is 2.31. The lowest BCUT2D eigenvalue weighted by molar-refractivity contribution is 0.595. The van der Waals surface area contributed by atoms with Crippen molar-refractivity contribution in [3.63, 3.8) is 0 Å². The van der Waals surface area contributed by atoms with E-state index in [1.165, 1.54) is 6.07 Å². The fourth-order valence-corrected chi connectivity index (χ4v) is 2.60. The first-order valence-corrected chi connectivity index (χ1v) is 6.26. The molecule has 0 spiro atoms. The Morgan fingerprint density at radius 2 is 1.56 bits per heavy atom. The minimum absolute atomic E-state index is 0.270. The van der Waals surface area contributed by atoms with E-state index in [0.29, 0.717) is 5.75 Å². The minimum Gasteiger partial charge on any atom is -0.254 e. The SMILES string of the molecule is O=S(Cc1ccccc1)c1ccccc1F. The van der Waals surface area contributed by atoms with E-state index >= 15 is 0 Å². The van der Waals surface area contributed by atoms with Crippen molar-refractivity contribution in [2.45, 2.75) is 10.6 Å². The van der Waals surface area contributed by atoms with Gasteiger partial charge in [0.25, 0.3) is 0 Å². The van der Waals surface area contributed by atoms with Crippen LogP contribution < -0.4 is 0 Å². The molecule has 0 N–H and O–H groups in total. The molecule has 0 saturated carbocycles. The molecule has 2 aromatic rings. The standard InChI is InChI=1S/C13H11FOS/c14-12-8-4-5-9-13(12)16(15)10-11-6-2-1-3-7-11/h1-9H,10H2. The van der Waals surface area contributed by atoms with Crippen molar-refractivity contribution < 1.29 is 8.60 Å². The van der Waals surface area contributed by atoms with Crippen molar-refractivity contribution in [3.8, 4) is 0 Å². The zero-order valence-corrected chi connectivity index (χ0v) is 9.41. The first-order valence-electron chi connectivity index (χ1n) is 4.94. The van der Waals surface area contributed by atoms with Crippen LogP contribution >= 0.6 is 0 Å². The summed E-state index contributed by atoms with van der Waals surface area (Å²) in [6, 6.07) is 15.6. The van der Waals surface area contributed by atoms with E-state index in [4.69, 9.17) is 0 Å². The summed E-state index contributed by atoms with van der Waals surface area (Å²) in [5, 5.41) is 0. The van der Waals surface area contributed by atoms with Gasteiger partial charge in [-0.25, -0.2) is 4.39 Å². The molecule has 2 aromatic carbocycles. The van der Waals surface area contributed by atoms with Crippen LogP contribution in [0.1, 0.15) is 5.56 Å². The van der Waals surface area contributed by atoms with Gasteiger partial charge in [-0.1, -0.05) is 42.5 Å². The van der Waals surface area contributed by atoms with Gasteiger partial charge in [0.2, 0.25) is 0 Å². The molecule has 0 radical (unpaired) electrons. The van der Waals surface area contributed by atoms with Crippen molar-refractivity contribution in [2.24, 2.45) is 0 Å². The summed E-state index contributed by atoms with van der Waals surface area (Å²) >= 11 is 0. The zero-order chi connectivity index (χ0) is 11.4. The molecular weight excluding hydrogens is 223 g/mol. The second-order valence-electron chi connectivity index (χ2n) is 3.41. The molecule has 0 aliphatic heterocycles. The largest absolute Gasteiger partial charge is 0.254 e. The Labute approximate surface area is 96.4 Å². The average molecular weight is 234 g/mol. The molecule has 0 aromatic heterocycles. The first kappa shape index (κ1) is 11.0. The molecule has 1 unspecified atom stereocenters. The van der Waals surface area contributed by atoms with Gasteiger partial charge in [-0.2, -0.15) is 0 Å². The van der Waals surface area contributed by atoms with Crippen molar-refractivity contribution >= 4 is 10.8 Å². The maximum atomic E-state index is 13.3. The van der Waals surface area contributed by atoms with Gasteiger partial charge in [-0.05, 0) is 17.7 Å². The van der Waals surface area contributed by atoms with Crippen molar-refractivity contribution in [1.29, 1.82) is 0 Å². The Morgan fingerprint density at radius 1 is 0.938 bits per heavy atom. The molecule has 2 rings (SSSR count). The second-order valence-corrected chi connectivity index (χ2v) is 4.83. The molecule has 3 heteroatoms. The van der Waals surface area contributed by atoms with E-state index in [-0.39, 0.29) is 4.90 Å². The maximum Gasteiger partial charge on any atom is 0.139 e. The molecular formula is C13H11FOS. The third kappa shape index (κ3) is 2.55. The van der Waals surface area contributed by atoms with Crippen LogP contribution in [0.15, 0.2) is 59.5 Å². The molecule has 0 amide bonds. The Kier molecular flexibility index (Phi) is 3.47. The lowest BCUT2D eigenvalue weighted by Crippen LogP contribution is -1.98. The summed E-state index contributed by atoms with van der Waals surface area (Å²) < 4.78 is 25.3. The highest BCUT2D eigenvalue weighted by Crippen LogP contribution is 2.15. The zero-order valence-electron chi connectivity index (χ0n) is 8.60. The van der Waals surface area contributed by atoms with Crippen LogP contribution in [-0.4, -0.2) is 4.21 Å². The topological polar surface area (TPSA) is 17.1 Å². The number of hydrogen-bond acceptors (Lipinski definition) is 1. The number of hydrogen-bond donors (Lipinski definition) is 0. The molecule has 1 nitrogen and oxygen atoms in total. The summed E-state index contributed by atoms with van der Waals surface area (Å²) in [4.78, 5) is 0.270. The lowest BCUT2D eigenvalue weighted by atomic mass is 10.2. The molecule has 0 bridgehead atoms. The van der Waals surface area contributed by atoms with Crippen LogP contribution in [0, 0.1) is 5.82 Å². The van der Waals surface area contributed by atoms with Crippen LogP contribution in [0.5, 0.6) is 0 Å². The van der Waals surface area contributed by atoms with Gasteiger partial charge >= 0.3 is 0 Å². The fourth-order valence-electron chi connectivity index (χ4n) is 1.43. The van der Waals surface area contributed by atoms with Gasteiger partial charge in [-0.15, -0.1) is 0 Å². The maximum absolute atomic E-state index is 13.3. The summed E-state index contributed by atoms with van der Waals surface area (Å²) in [5.41, 5.74) is 0.948. The Balaban J connectivity index is 2.19. The van der Waals surface area contributed by atoms with Crippen LogP contribution in [-0.2, 0) is 16.6 Å². The van der Waals surface area contributed by atoms with Gasteiger partial charge in [0.1, 0.15) is 5.82 Å². The molecule has 0 heterocycles. The lowest BCUT2D eigenvalue weighted by Gasteiger charge is -2.03. The van der Waals surface area contributed by atoms with E-state index in [2.05, 4.69) is 0 Å². The van der Waals surface area contributed by atoms with Crippen LogP contribution in [0.25, 0.3) is 0 Å². The predicted molar refractivity (Wildman–Crippen MR) is 63.0 cm³/mol. The molecule has 0 aliphatic carbocycles. The monoisotopic (exact) mass is 234 g/mol. The molecule has 0 fully saturated rings. The molecule has 1 atom stereocenters. The van der Waals surface area contributed by atoms with Crippen LogP contribution in [0.4, 0.5) is 4.39 Å². The fraction of sp³-hybridized carbons (Fsp3) is 0.0769. The normalized spacial score (nSPS) is 12.3. The van der Waals surface area contributed by atoms with Crippen molar-refractivity contribution in [2.75, 3.05) is 0 Å². The predicted octanol–water partition coefficient (Wildman–Crippen LogP) is 3.13. The number of halogens is 1. The Hall–Kier alpha value is -1.48. The van der Waals surface area contributed by atoms with Gasteiger partial charge in [0.05, 0.1) is 21.4 Å². The third-order valence-electron chi connectivity index (χ3n) is 2.22. The van der Waals surface area contributed by atoms with Crippen molar-refractivity contribution in [1.82, 2.24) is 0 Å². The quantitative estimate of drug-likeness (QED) is 0.797. The van der Waals surface area contributed by atoms with Crippen LogP contribution in [0.3, 0.4) is 0 Å². The van der Waals surface area contributed by atoms with E-state index in [0.717, 1.165) is 5.56 Å². The Morgan fingerprint density at radius 3 is 2.25 bits per heavy atom. The van der Waals surface area contributed by atoms with Gasteiger partial charge in [0, 0.05) is 0 Å². The van der Waals surface area contributed by atoms with E-state index < -0.39 is 16.6 Å². The first-order chi connectivity index (χ1) is 7.77. The van der Waals surface area contributed by atoms with E-state index in [1.54, 1.807) is 18.2 Å². The summed E-state index contributed by atoms with van der Waals surface area (Å²) in [6.45, 7) is 0. The molecule has 82 valence electrons. The second kappa shape index (κ2) is 5.03. The van der Waals surface area contributed by atoms with Crippen LogP contribution in [0.2, 0.25) is 0 Å². The highest BCUT2D eigenvalue weighted by atomic mass is 32.2. The summed E-state index contributed by atoms with van der Waals surface area (Å²) in [5.74, 6) is -0.0568. The number of benzene rings is 2. The third-order valence-corrected chi connectivity index (χ3v) is 3.64. The summed E-state index contributed by atoms with van der Waals surface area (Å²) in [6.07, 6.45) is 0. The van der Waals surface area contributed by atoms with Gasteiger partial charge < -0.3 is 0 Å². The van der Waals surface area contributed by atoms with E-state index in [9.17, 15) is 8.60 Å². The highest BCUT2D eigenvalue weighted by molar-refractivity contribution is 7.84. The van der Waals surface area contributed by atoms with Gasteiger partial charge in [-0.3, -0.25) is 4.21 Å². The molecule has 0 saturated heterocycles.